The maximum absolute atomic E-state index is 9.90. The summed E-state index contributed by atoms with van der Waals surface area (Å²) in [6.07, 6.45) is 0. The molecule has 104 valence electrons. The molecule has 2 fully saturated rings. The van der Waals surface area contributed by atoms with Crippen LogP contribution in [-0.4, -0.2) is 38.1 Å². The van der Waals surface area contributed by atoms with E-state index in [1.165, 1.54) is 22.3 Å². The predicted octanol–water partition coefficient (Wildman–Crippen LogP) is 1.89. The molecule has 3 heteroatoms. The van der Waals surface area contributed by atoms with Gasteiger partial charge in [-0.1, -0.05) is 17.7 Å². The van der Waals surface area contributed by atoms with Gasteiger partial charge in [0.2, 0.25) is 0 Å². The molecule has 19 heavy (non-hydrogen) atoms. The molecule has 0 aliphatic carbocycles. The second-order valence-electron chi connectivity index (χ2n) is 6.28. The maximum Gasteiger partial charge on any atom is 0.0593 e. The molecule has 0 amide bonds. The van der Waals surface area contributed by atoms with Gasteiger partial charge in [-0.2, -0.15) is 0 Å². The Morgan fingerprint density at radius 1 is 1.00 bits per heavy atom. The van der Waals surface area contributed by atoms with E-state index in [4.69, 9.17) is 9.47 Å². The SMILES string of the molecule is Cc1cc(C)c(C2(C3(CO)COC3)COC2)c(C)c1. The van der Waals surface area contributed by atoms with Gasteiger partial charge >= 0.3 is 0 Å². The molecule has 2 aliphatic heterocycles. The molecule has 0 spiro atoms. The molecule has 0 radical (unpaired) electrons. The molecule has 1 aromatic carbocycles. The van der Waals surface area contributed by atoms with Crippen molar-refractivity contribution in [3.63, 3.8) is 0 Å². The number of ether oxygens (including phenoxy) is 2. The lowest BCUT2D eigenvalue weighted by Crippen LogP contribution is -2.68. The van der Waals surface area contributed by atoms with Gasteiger partial charge < -0.3 is 14.6 Å². The van der Waals surface area contributed by atoms with E-state index in [1.54, 1.807) is 0 Å². The number of hydrogen-bond acceptors (Lipinski definition) is 3. The molecule has 3 rings (SSSR count). The Morgan fingerprint density at radius 3 is 1.84 bits per heavy atom. The van der Waals surface area contributed by atoms with Crippen LogP contribution in [0.25, 0.3) is 0 Å². The number of benzene rings is 1. The normalized spacial score (nSPS) is 23.6. The molecule has 0 unspecified atom stereocenters. The van der Waals surface area contributed by atoms with E-state index < -0.39 is 0 Å². The number of aliphatic hydroxyl groups excluding tert-OH is 1. The fourth-order valence-corrected chi connectivity index (χ4v) is 3.82. The standard InChI is InChI=1S/C16H22O3/c1-11-4-12(2)14(13(3)5-11)16(9-19-10-16)15(6-17)7-18-8-15/h4-5,17H,6-10H2,1-3H3. The molecule has 0 saturated carbocycles. The summed E-state index contributed by atoms with van der Waals surface area (Å²) in [7, 11) is 0. The molecule has 1 N–H and O–H groups in total. The molecule has 3 nitrogen and oxygen atoms in total. The zero-order chi connectivity index (χ0) is 13.7. The molecule has 2 heterocycles. The minimum atomic E-state index is -0.157. The Labute approximate surface area is 114 Å². The lowest BCUT2D eigenvalue weighted by atomic mass is 9.56. The van der Waals surface area contributed by atoms with E-state index in [9.17, 15) is 5.11 Å². The highest BCUT2D eigenvalue weighted by Gasteiger charge is 2.61. The number of hydrogen-bond donors (Lipinski definition) is 1. The smallest absolute Gasteiger partial charge is 0.0593 e. The molecule has 0 aromatic heterocycles. The molecule has 0 atom stereocenters. The van der Waals surface area contributed by atoms with Gasteiger partial charge in [0.15, 0.2) is 0 Å². The van der Waals surface area contributed by atoms with E-state index in [-0.39, 0.29) is 17.4 Å². The Morgan fingerprint density at radius 2 is 1.53 bits per heavy atom. The van der Waals surface area contributed by atoms with E-state index >= 15 is 0 Å². The maximum atomic E-state index is 9.90. The average Bonchev–Trinajstić information content (AvgIpc) is 2.22. The number of rotatable bonds is 3. The largest absolute Gasteiger partial charge is 0.396 e. The van der Waals surface area contributed by atoms with Crippen LogP contribution in [0.2, 0.25) is 0 Å². The lowest BCUT2D eigenvalue weighted by Gasteiger charge is -2.59. The third-order valence-electron chi connectivity index (χ3n) is 4.93. The highest BCUT2D eigenvalue weighted by molar-refractivity contribution is 5.46. The fourth-order valence-electron chi connectivity index (χ4n) is 3.82. The van der Waals surface area contributed by atoms with Gasteiger partial charge in [0.25, 0.3) is 0 Å². The van der Waals surface area contributed by atoms with Gasteiger partial charge in [0.1, 0.15) is 0 Å². The van der Waals surface area contributed by atoms with Crippen molar-refractivity contribution in [2.24, 2.45) is 5.41 Å². The second kappa shape index (κ2) is 4.30. The first-order chi connectivity index (χ1) is 9.05. The van der Waals surface area contributed by atoms with Crippen LogP contribution >= 0.6 is 0 Å². The van der Waals surface area contributed by atoms with Crippen LogP contribution in [0, 0.1) is 26.2 Å². The summed E-state index contributed by atoms with van der Waals surface area (Å²) in [5, 5.41) is 9.90. The van der Waals surface area contributed by atoms with Crippen LogP contribution in [0.3, 0.4) is 0 Å². The zero-order valence-electron chi connectivity index (χ0n) is 12.0. The molecule has 2 saturated heterocycles. The Balaban J connectivity index is 2.13. The van der Waals surface area contributed by atoms with E-state index in [0.29, 0.717) is 26.4 Å². The van der Waals surface area contributed by atoms with Crippen LogP contribution < -0.4 is 0 Å². The van der Waals surface area contributed by atoms with Crippen molar-refractivity contribution < 1.29 is 14.6 Å². The van der Waals surface area contributed by atoms with Gasteiger partial charge in [-0.25, -0.2) is 0 Å². The van der Waals surface area contributed by atoms with Gasteiger partial charge in [0.05, 0.1) is 43.9 Å². The van der Waals surface area contributed by atoms with E-state index in [0.717, 1.165) is 0 Å². The lowest BCUT2D eigenvalue weighted by molar-refractivity contribution is -0.242. The Hall–Kier alpha value is -0.900. The number of aliphatic hydroxyl groups is 1. The van der Waals surface area contributed by atoms with E-state index in [1.807, 2.05) is 0 Å². The van der Waals surface area contributed by atoms with Crippen molar-refractivity contribution >= 4 is 0 Å². The van der Waals surface area contributed by atoms with E-state index in [2.05, 4.69) is 32.9 Å². The Kier molecular flexibility index (Phi) is 2.97. The monoisotopic (exact) mass is 262 g/mol. The summed E-state index contributed by atoms with van der Waals surface area (Å²) in [6, 6.07) is 4.46. The Bertz CT molecular complexity index is 470. The predicted molar refractivity (Wildman–Crippen MR) is 73.5 cm³/mol. The third kappa shape index (κ3) is 1.62. The van der Waals surface area contributed by atoms with Crippen molar-refractivity contribution in [3.8, 4) is 0 Å². The quantitative estimate of drug-likeness (QED) is 0.904. The molecular formula is C16H22O3. The second-order valence-corrected chi connectivity index (χ2v) is 6.28. The average molecular weight is 262 g/mol. The minimum Gasteiger partial charge on any atom is -0.396 e. The molecule has 1 aromatic rings. The van der Waals surface area contributed by atoms with Crippen LogP contribution in [0.1, 0.15) is 22.3 Å². The summed E-state index contributed by atoms with van der Waals surface area (Å²) in [5.74, 6) is 0. The van der Waals surface area contributed by atoms with Crippen LogP contribution in [0.15, 0.2) is 12.1 Å². The van der Waals surface area contributed by atoms with Gasteiger partial charge in [-0.05, 0) is 37.5 Å². The molecular weight excluding hydrogens is 240 g/mol. The van der Waals surface area contributed by atoms with Gasteiger partial charge in [-0.3, -0.25) is 0 Å². The van der Waals surface area contributed by atoms with Crippen molar-refractivity contribution in [2.75, 3.05) is 33.0 Å². The van der Waals surface area contributed by atoms with Crippen molar-refractivity contribution in [1.82, 2.24) is 0 Å². The van der Waals surface area contributed by atoms with Crippen LogP contribution in [-0.2, 0) is 14.9 Å². The van der Waals surface area contributed by atoms with Crippen LogP contribution in [0.4, 0.5) is 0 Å². The van der Waals surface area contributed by atoms with Crippen molar-refractivity contribution in [2.45, 2.75) is 26.2 Å². The summed E-state index contributed by atoms with van der Waals surface area (Å²) in [6.45, 7) is 9.30. The first kappa shape index (κ1) is 13.1. The topological polar surface area (TPSA) is 38.7 Å². The highest BCUT2D eigenvalue weighted by atomic mass is 16.5. The summed E-state index contributed by atoms with van der Waals surface area (Å²) >= 11 is 0. The van der Waals surface area contributed by atoms with Crippen molar-refractivity contribution in [3.05, 3.63) is 34.4 Å². The van der Waals surface area contributed by atoms with Gasteiger partial charge in [-0.15, -0.1) is 0 Å². The first-order valence-corrected chi connectivity index (χ1v) is 6.89. The highest BCUT2D eigenvalue weighted by Crippen LogP contribution is 2.53. The summed E-state index contributed by atoms with van der Waals surface area (Å²) in [4.78, 5) is 0. The first-order valence-electron chi connectivity index (χ1n) is 6.89. The summed E-state index contributed by atoms with van der Waals surface area (Å²) in [5.41, 5.74) is 5.04. The zero-order valence-corrected chi connectivity index (χ0v) is 12.0. The van der Waals surface area contributed by atoms with Gasteiger partial charge in [0, 0.05) is 0 Å². The molecule has 0 bridgehead atoms. The van der Waals surface area contributed by atoms with Crippen molar-refractivity contribution in [1.29, 1.82) is 0 Å². The molecule has 2 aliphatic rings. The fraction of sp³-hybridized carbons (Fsp3) is 0.625. The summed E-state index contributed by atoms with van der Waals surface area (Å²) < 4.78 is 11.0. The minimum absolute atomic E-state index is 0.0676. The van der Waals surface area contributed by atoms with Crippen LogP contribution in [0.5, 0.6) is 0 Å². The third-order valence-corrected chi connectivity index (χ3v) is 4.93. The number of aryl methyl sites for hydroxylation is 3.